The van der Waals surface area contributed by atoms with Gasteiger partial charge in [0.05, 0.1) is 5.92 Å². The topological polar surface area (TPSA) is 29.1 Å². The summed E-state index contributed by atoms with van der Waals surface area (Å²) >= 11 is 0. The molecule has 130 valence electrons. The van der Waals surface area contributed by atoms with Gasteiger partial charge in [0.25, 0.3) is 0 Å². The first-order valence-electron chi connectivity index (χ1n) is 9.11. The standard InChI is InChI=1S/C24H23NO/c1-17-10-9-15-22(18(17)2)25-23(26)21-16-24(21,19-11-5-3-6-12-19)20-13-7-4-8-14-20/h3-15,21H,16H2,1-2H3,(H,25,26). The highest BCUT2D eigenvalue weighted by atomic mass is 16.2. The molecule has 1 aliphatic carbocycles. The molecule has 1 amide bonds. The van der Waals surface area contributed by atoms with Crippen molar-refractivity contribution in [2.75, 3.05) is 5.32 Å². The maximum atomic E-state index is 13.1. The van der Waals surface area contributed by atoms with Crippen molar-refractivity contribution >= 4 is 11.6 Å². The normalized spacial score (nSPS) is 17.5. The minimum atomic E-state index is -0.218. The second kappa shape index (κ2) is 6.45. The van der Waals surface area contributed by atoms with Crippen molar-refractivity contribution in [2.24, 2.45) is 5.92 Å². The first-order valence-corrected chi connectivity index (χ1v) is 9.11. The number of carbonyl (C=O) groups is 1. The molecule has 0 aliphatic heterocycles. The van der Waals surface area contributed by atoms with Gasteiger partial charge in [-0.3, -0.25) is 4.79 Å². The third-order valence-electron chi connectivity index (χ3n) is 5.72. The number of rotatable bonds is 4. The van der Waals surface area contributed by atoms with Crippen LogP contribution in [0, 0.1) is 19.8 Å². The molecule has 1 atom stereocenters. The molecular weight excluding hydrogens is 318 g/mol. The van der Waals surface area contributed by atoms with Crippen LogP contribution < -0.4 is 5.32 Å². The SMILES string of the molecule is Cc1cccc(NC(=O)C2CC2(c2ccccc2)c2ccccc2)c1C. The van der Waals surface area contributed by atoms with E-state index in [1.54, 1.807) is 0 Å². The van der Waals surface area contributed by atoms with Crippen LogP contribution in [0.25, 0.3) is 0 Å². The average Bonchev–Trinajstić information content (AvgIpc) is 3.44. The van der Waals surface area contributed by atoms with E-state index in [9.17, 15) is 4.79 Å². The highest BCUT2D eigenvalue weighted by molar-refractivity contribution is 5.97. The molecular formula is C24H23NO. The molecule has 2 nitrogen and oxygen atoms in total. The zero-order valence-electron chi connectivity index (χ0n) is 15.2. The molecule has 4 rings (SSSR count). The molecule has 2 heteroatoms. The number of hydrogen-bond donors (Lipinski definition) is 1. The molecule has 0 spiro atoms. The Bertz CT molecular complexity index is 891. The minimum Gasteiger partial charge on any atom is -0.326 e. The van der Waals surface area contributed by atoms with E-state index in [1.165, 1.54) is 16.7 Å². The lowest BCUT2D eigenvalue weighted by atomic mass is 9.85. The highest BCUT2D eigenvalue weighted by Gasteiger charge is 2.60. The van der Waals surface area contributed by atoms with Crippen LogP contribution in [0.2, 0.25) is 0 Å². The van der Waals surface area contributed by atoms with E-state index < -0.39 is 0 Å². The summed E-state index contributed by atoms with van der Waals surface area (Å²) in [5.74, 6) is 0.0543. The van der Waals surface area contributed by atoms with Gasteiger partial charge in [-0.25, -0.2) is 0 Å². The van der Waals surface area contributed by atoms with Crippen LogP contribution in [-0.4, -0.2) is 5.91 Å². The summed E-state index contributed by atoms with van der Waals surface area (Å²) in [7, 11) is 0. The van der Waals surface area contributed by atoms with Crippen LogP contribution >= 0.6 is 0 Å². The van der Waals surface area contributed by atoms with Gasteiger partial charge in [-0.15, -0.1) is 0 Å². The van der Waals surface area contributed by atoms with Gasteiger partial charge in [-0.1, -0.05) is 72.8 Å². The second-order valence-corrected chi connectivity index (χ2v) is 7.20. The Kier molecular flexibility index (Phi) is 4.12. The highest BCUT2D eigenvalue weighted by Crippen LogP contribution is 2.59. The maximum Gasteiger partial charge on any atom is 0.228 e. The number of carbonyl (C=O) groups excluding carboxylic acids is 1. The van der Waals surface area contributed by atoms with Crippen molar-refractivity contribution in [3.63, 3.8) is 0 Å². The molecule has 3 aromatic rings. The molecule has 1 saturated carbocycles. The molecule has 0 bridgehead atoms. The fourth-order valence-corrected chi connectivity index (χ4v) is 3.96. The number of anilines is 1. The lowest BCUT2D eigenvalue weighted by Crippen LogP contribution is -2.22. The third kappa shape index (κ3) is 2.72. The predicted octanol–water partition coefficient (Wildman–Crippen LogP) is 5.25. The lowest BCUT2D eigenvalue weighted by molar-refractivity contribution is -0.117. The Morgan fingerprint density at radius 1 is 0.846 bits per heavy atom. The van der Waals surface area contributed by atoms with Crippen molar-refractivity contribution in [2.45, 2.75) is 25.7 Å². The molecule has 1 fully saturated rings. The van der Waals surface area contributed by atoms with E-state index in [4.69, 9.17) is 0 Å². The van der Waals surface area contributed by atoms with Crippen molar-refractivity contribution in [3.05, 3.63) is 101 Å². The van der Waals surface area contributed by atoms with Crippen LogP contribution in [-0.2, 0) is 10.2 Å². The summed E-state index contributed by atoms with van der Waals surface area (Å²) < 4.78 is 0. The molecule has 3 aromatic carbocycles. The summed E-state index contributed by atoms with van der Waals surface area (Å²) in [4.78, 5) is 13.1. The molecule has 0 aromatic heterocycles. The summed E-state index contributed by atoms with van der Waals surface area (Å²) in [5, 5.41) is 3.17. The number of nitrogens with one attached hydrogen (secondary N) is 1. The van der Waals surface area contributed by atoms with E-state index in [0.29, 0.717) is 0 Å². The number of hydrogen-bond acceptors (Lipinski definition) is 1. The fraction of sp³-hybridized carbons (Fsp3) is 0.208. The summed E-state index contributed by atoms with van der Waals surface area (Å²) in [5.41, 5.74) is 5.45. The van der Waals surface area contributed by atoms with Crippen molar-refractivity contribution < 1.29 is 4.79 Å². The maximum absolute atomic E-state index is 13.1. The molecule has 0 saturated heterocycles. The Hall–Kier alpha value is -2.87. The van der Waals surface area contributed by atoms with Crippen LogP contribution in [0.4, 0.5) is 5.69 Å². The van der Waals surface area contributed by atoms with Crippen molar-refractivity contribution in [1.82, 2.24) is 0 Å². The molecule has 1 aliphatic rings. The number of aryl methyl sites for hydroxylation is 1. The van der Waals surface area contributed by atoms with Crippen LogP contribution in [0.3, 0.4) is 0 Å². The molecule has 1 unspecified atom stereocenters. The number of benzene rings is 3. The Morgan fingerprint density at radius 2 is 1.42 bits per heavy atom. The first kappa shape index (κ1) is 16.6. The lowest BCUT2D eigenvalue weighted by Gasteiger charge is -2.19. The van der Waals surface area contributed by atoms with E-state index in [2.05, 4.69) is 73.8 Å². The molecule has 1 N–H and O–H groups in total. The van der Waals surface area contributed by atoms with Gasteiger partial charge in [0.1, 0.15) is 0 Å². The molecule has 0 heterocycles. The van der Waals surface area contributed by atoms with Crippen molar-refractivity contribution in [1.29, 1.82) is 0 Å². The predicted molar refractivity (Wildman–Crippen MR) is 106 cm³/mol. The quantitative estimate of drug-likeness (QED) is 0.690. The summed E-state index contributed by atoms with van der Waals surface area (Å²) in [6, 6.07) is 26.9. The van der Waals surface area contributed by atoms with Crippen LogP contribution in [0.15, 0.2) is 78.9 Å². The largest absolute Gasteiger partial charge is 0.326 e. The molecule has 26 heavy (non-hydrogen) atoms. The summed E-state index contributed by atoms with van der Waals surface area (Å²) in [6.07, 6.45) is 0.845. The summed E-state index contributed by atoms with van der Waals surface area (Å²) in [6.45, 7) is 4.12. The smallest absolute Gasteiger partial charge is 0.228 e. The van der Waals surface area contributed by atoms with Gasteiger partial charge in [0, 0.05) is 11.1 Å². The second-order valence-electron chi connectivity index (χ2n) is 7.20. The van der Waals surface area contributed by atoms with Crippen molar-refractivity contribution in [3.8, 4) is 0 Å². The zero-order valence-corrected chi connectivity index (χ0v) is 15.2. The average molecular weight is 341 g/mol. The fourth-order valence-electron chi connectivity index (χ4n) is 3.96. The van der Waals surface area contributed by atoms with Gasteiger partial charge >= 0.3 is 0 Å². The number of amides is 1. The first-order chi connectivity index (χ1) is 12.6. The Labute approximate surface area is 154 Å². The van der Waals surface area contributed by atoms with Gasteiger partial charge in [-0.2, -0.15) is 0 Å². The van der Waals surface area contributed by atoms with Gasteiger partial charge in [0.2, 0.25) is 5.91 Å². The Balaban J connectivity index is 1.67. The van der Waals surface area contributed by atoms with Gasteiger partial charge in [-0.05, 0) is 48.6 Å². The van der Waals surface area contributed by atoms with E-state index in [0.717, 1.165) is 17.7 Å². The Morgan fingerprint density at radius 3 is 2.00 bits per heavy atom. The van der Waals surface area contributed by atoms with Gasteiger partial charge < -0.3 is 5.32 Å². The van der Waals surface area contributed by atoms with Gasteiger partial charge in [0.15, 0.2) is 0 Å². The van der Waals surface area contributed by atoms with E-state index in [-0.39, 0.29) is 17.2 Å². The van der Waals surface area contributed by atoms with E-state index >= 15 is 0 Å². The van der Waals surface area contributed by atoms with Crippen LogP contribution in [0.5, 0.6) is 0 Å². The minimum absolute atomic E-state index is 0.0489. The van der Waals surface area contributed by atoms with Crippen LogP contribution in [0.1, 0.15) is 28.7 Å². The van der Waals surface area contributed by atoms with E-state index in [1.807, 2.05) is 24.3 Å². The zero-order chi connectivity index (χ0) is 18.1. The molecule has 0 radical (unpaired) electrons. The third-order valence-corrected chi connectivity index (χ3v) is 5.72. The monoisotopic (exact) mass is 341 g/mol.